The first kappa shape index (κ1) is 14.3. The van der Waals surface area contributed by atoms with Crippen molar-refractivity contribution in [3.05, 3.63) is 65.2 Å². The highest BCUT2D eigenvalue weighted by Crippen LogP contribution is 2.36. The van der Waals surface area contributed by atoms with Crippen molar-refractivity contribution in [3.8, 4) is 0 Å². The lowest BCUT2D eigenvalue weighted by Gasteiger charge is -2.13. The molecule has 4 heteroatoms. The molecule has 4 aromatic rings. The molecule has 23 heavy (non-hydrogen) atoms. The summed E-state index contributed by atoms with van der Waals surface area (Å²) in [5, 5.41) is 9.76. The van der Waals surface area contributed by atoms with E-state index in [1.165, 1.54) is 21.5 Å². The van der Waals surface area contributed by atoms with E-state index in [4.69, 9.17) is 23.2 Å². The van der Waals surface area contributed by atoms with Crippen LogP contribution < -0.4 is 5.32 Å². The number of amides is 1. The minimum absolute atomic E-state index is 0.0447. The van der Waals surface area contributed by atoms with Crippen molar-refractivity contribution in [1.29, 1.82) is 0 Å². The lowest BCUT2D eigenvalue weighted by molar-refractivity contribution is -0.112. The van der Waals surface area contributed by atoms with Crippen molar-refractivity contribution in [3.63, 3.8) is 0 Å². The van der Waals surface area contributed by atoms with Gasteiger partial charge in [-0.15, -0.1) is 0 Å². The SMILES string of the molecule is O=C(Nc1cc2ccc3cccc4ccc(c1)c2c34)/C(Cl)=C/Cl. The van der Waals surface area contributed by atoms with E-state index >= 15 is 0 Å². The van der Waals surface area contributed by atoms with E-state index in [2.05, 4.69) is 47.8 Å². The van der Waals surface area contributed by atoms with Gasteiger partial charge in [-0.05, 0) is 44.5 Å². The Morgan fingerprint density at radius 2 is 1.39 bits per heavy atom. The molecule has 0 atom stereocenters. The number of hydrogen-bond acceptors (Lipinski definition) is 1. The van der Waals surface area contributed by atoms with Crippen LogP contribution in [-0.2, 0) is 4.79 Å². The number of nitrogens with one attached hydrogen (secondary N) is 1. The second-order valence-corrected chi connectivity index (χ2v) is 6.04. The largest absolute Gasteiger partial charge is 0.321 e. The first-order chi connectivity index (χ1) is 11.2. The summed E-state index contributed by atoms with van der Waals surface area (Å²) in [6, 6.07) is 18.5. The number of anilines is 1. The Labute approximate surface area is 142 Å². The molecular weight excluding hydrogens is 329 g/mol. The number of rotatable bonds is 2. The quantitative estimate of drug-likeness (QED) is 0.360. The third kappa shape index (κ3) is 2.31. The van der Waals surface area contributed by atoms with Gasteiger partial charge in [0.25, 0.3) is 5.91 Å². The Morgan fingerprint density at radius 3 is 1.96 bits per heavy atom. The molecule has 0 saturated heterocycles. The molecule has 0 saturated carbocycles. The summed E-state index contributed by atoms with van der Waals surface area (Å²) in [5.74, 6) is -0.422. The van der Waals surface area contributed by atoms with Gasteiger partial charge in [0.1, 0.15) is 5.03 Å². The summed E-state index contributed by atoms with van der Waals surface area (Å²) in [6.07, 6.45) is 0. The van der Waals surface area contributed by atoms with Crippen molar-refractivity contribution >= 4 is 67.1 Å². The number of carbonyl (C=O) groups is 1. The predicted molar refractivity (Wildman–Crippen MR) is 98.6 cm³/mol. The molecule has 0 spiro atoms. The van der Waals surface area contributed by atoms with E-state index in [1.54, 1.807) is 0 Å². The highest BCUT2D eigenvalue weighted by atomic mass is 35.5. The van der Waals surface area contributed by atoms with Gasteiger partial charge in [0.15, 0.2) is 0 Å². The Balaban J connectivity index is 1.95. The monoisotopic (exact) mass is 339 g/mol. The topological polar surface area (TPSA) is 29.1 Å². The lowest BCUT2D eigenvalue weighted by Crippen LogP contribution is -2.11. The predicted octanol–water partition coefficient (Wildman–Crippen LogP) is 5.84. The normalized spacial score (nSPS) is 12.3. The van der Waals surface area contributed by atoms with E-state index in [0.29, 0.717) is 5.69 Å². The number of halogens is 2. The summed E-state index contributed by atoms with van der Waals surface area (Å²) in [4.78, 5) is 11.9. The molecule has 1 amide bonds. The van der Waals surface area contributed by atoms with Crippen LogP contribution in [0.4, 0.5) is 5.69 Å². The Hall–Kier alpha value is -2.29. The molecule has 112 valence electrons. The molecule has 2 nitrogen and oxygen atoms in total. The Bertz CT molecular complexity index is 1020. The number of benzene rings is 4. The van der Waals surface area contributed by atoms with E-state index in [9.17, 15) is 4.79 Å². The molecule has 0 unspecified atom stereocenters. The van der Waals surface area contributed by atoms with E-state index in [-0.39, 0.29) is 5.03 Å². The van der Waals surface area contributed by atoms with Crippen LogP contribution in [0, 0.1) is 0 Å². The first-order valence-corrected chi connectivity index (χ1v) is 7.93. The van der Waals surface area contributed by atoms with Crippen molar-refractivity contribution in [1.82, 2.24) is 0 Å². The van der Waals surface area contributed by atoms with Crippen molar-refractivity contribution < 1.29 is 4.79 Å². The van der Waals surface area contributed by atoms with Crippen LogP contribution in [-0.4, -0.2) is 5.91 Å². The van der Waals surface area contributed by atoms with Gasteiger partial charge in [-0.2, -0.15) is 0 Å². The van der Waals surface area contributed by atoms with Gasteiger partial charge >= 0.3 is 0 Å². The summed E-state index contributed by atoms with van der Waals surface area (Å²) in [7, 11) is 0. The minimum Gasteiger partial charge on any atom is -0.321 e. The van der Waals surface area contributed by atoms with Crippen LogP contribution in [0.2, 0.25) is 0 Å². The van der Waals surface area contributed by atoms with Gasteiger partial charge in [-0.3, -0.25) is 4.79 Å². The minimum atomic E-state index is -0.422. The van der Waals surface area contributed by atoms with Gasteiger partial charge in [-0.1, -0.05) is 65.7 Å². The number of hydrogen-bond donors (Lipinski definition) is 1. The van der Waals surface area contributed by atoms with Gasteiger partial charge in [0.05, 0.1) is 0 Å². The average molecular weight is 340 g/mol. The van der Waals surface area contributed by atoms with E-state index in [1.807, 2.05) is 12.1 Å². The third-order valence-corrected chi connectivity index (χ3v) is 4.64. The molecule has 0 aromatic heterocycles. The number of carbonyl (C=O) groups excluding carboxylic acids is 1. The molecule has 0 radical (unpaired) electrons. The standard InChI is InChI=1S/C19H11Cl2NO/c20-10-16(21)19(23)22-15-8-13-6-4-11-2-1-3-12-5-7-14(9-15)18(13)17(11)12/h1-10H,(H,22,23)/b16-10-. The zero-order valence-corrected chi connectivity index (χ0v) is 13.4. The second-order valence-electron chi connectivity index (χ2n) is 5.42. The van der Waals surface area contributed by atoms with Crippen LogP contribution in [0.5, 0.6) is 0 Å². The smallest absolute Gasteiger partial charge is 0.268 e. The summed E-state index contributed by atoms with van der Waals surface area (Å²) >= 11 is 11.2. The highest BCUT2D eigenvalue weighted by Gasteiger charge is 2.11. The van der Waals surface area contributed by atoms with Gasteiger partial charge in [0.2, 0.25) is 0 Å². The van der Waals surface area contributed by atoms with E-state index < -0.39 is 5.91 Å². The molecule has 0 fully saturated rings. The van der Waals surface area contributed by atoms with Crippen molar-refractivity contribution in [2.24, 2.45) is 0 Å². The fourth-order valence-electron chi connectivity index (χ4n) is 3.07. The molecular formula is C19H11Cl2NO. The Morgan fingerprint density at radius 1 is 0.870 bits per heavy atom. The highest BCUT2D eigenvalue weighted by molar-refractivity contribution is 6.47. The third-order valence-electron chi connectivity index (χ3n) is 4.03. The molecule has 0 aliphatic carbocycles. The van der Waals surface area contributed by atoms with Crippen LogP contribution in [0.15, 0.2) is 65.2 Å². The zero-order valence-electron chi connectivity index (χ0n) is 11.9. The Kier molecular flexibility index (Phi) is 3.37. The van der Waals surface area contributed by atoms with Gasteiger partial charge in [-0.25, -0.2) is 0 Å². The van der Waals surface area contributed by atoms with Crippen LogP contribution in [0.25, 0.3) is 32.3 Å². The summed E-state index contributed by atoms with van der Waals surface area (Å²) < 4.78 is 0. The first-order valence-electron chi connectivity index (χ1n) is 7.12. The molecule has 4 rings (SSSR count). The zero-order chi connectivity index (χ0) is 16.0. The summed E-state index contributed by atoms with van der Waals surface area (Å²) in [5.41, 5.74) is 1.75. The average Bonchev–Trinajstić information content (AvgIpc) is 2.58. The molecule has 0 aliphatic heterocycles. The van der Waals surface area contributed by atoms with Crippen LogP contribution >= 0.6 is 23.2 Å². The van der Waals surface area contributed by atoms with Gasteiger partial charge in [0, 0.05) is 11.2 Å². The van der Waals surface area contributed by atoms with E-state index in [0.717, 1.165) is 16.3 Å². The molecule has 0 bridgehead atoms. The van der Waals surface area contributed by atoms with Crippen LogP contribution in [0.1, 0.15) is 0 Å². The lowest BCUT2D eigenvalue weighted by atomic mass is 9.94. The fourth-order valence-corrected chi connectivity index (χ4v) is 3.21. The molecule has 0 aliphatic rings. The van der Waals surface area contributed by atoms with Crippen molar-refractivity contribution in [2.45, 2.75) is 0 Å². The maximum Gasteiger partial charge on any atom is 0.268 e. The second kappa shape index (κ2) is 5.41. The summed E-state index contributed by atoms with van der Waals surface area (Å²) in [6.45, 7) is 0. The maximum atomic E-state index is 11.9. The molecule has 4 aromatic carbocycles. The van der Waals surface area contributed by atoms with Crippen molar-refractivity contribution in [2.75, 3.05) is 5.32 Å². The van der Waals surface area contributed by atoms with Gasteiger partial charge < -0.3 is 5.32 Å². The van der Waals surface area contributed by atoms with Crippen LogP contribution in [0.3, 0.4) is 0 Å². The molecule has 0 heterocycles. The molecule has 1 N–H and O–H groups in total. The maximum absolute atomic E-state index is 11.9. The fraction of sp³-hybridized carbons (Fsp3) is 0.